The maximum Gasteiger partial charge on any atom is 0.252 e. The van der Waals surface area contributed by atoms with Gasteiger partial charge >= 0.3 is 0 Å². The van der Waals surface area contributed by atoms with Crippen molar-refractivity contribution in [2.75, 3.05) is 5.32 Å². The average molecular weight is 459 g/mol. The molecule has 176 valence electrons. The second kappa shape index (κ2) is 10.0. The van der Waals surface area contributed by atoms with Gasteiger partial charge in [-0.05, 0) is 58.2 Å². The third-order valence-electron chi connectivity index (χ3n) is 5.99. The van der Waals surface area contributed by atoms with Gasteiger partial charge in [0.15, 0.2) is 0 Å². The van der Waals surface area contributed by atoms with Crippen molar-refractivity contribution in [1.29, 1.82) is 5.26 Å². The van der Waals surface area contributed by atoms with Crippen LogP contribution in [0, 0.1) is 18.3 Å². The van der Waals surface area contributed by atoms with Crippen LogP contribution in [0.5, 0.6) is 0 Å². The maximum absolute atomic E-state index is 12.2. The number of nitriles is 1. The number of piperidine rings is 1. The Morgan fingerprint density at radius 2 is 1.91 bits per heavy atom. The summed E-state index contributed by atoms with van der Waals surface area (Å²) >= 11 is 0. The van der Waals surface area contributed by atoms with E-state index in [9.17, 15) is 4.79 Å². The number of nitrogens with zero attached hydrogens (tertiary/aromatic N) is 5. The second-order valence-corrected chi connectivity index (χ2v) is 9.05. The van der Waals surface area contributed by atoms with Crippen LogP contribution in [0.2, 0.25) is 0 Å². The third-order valence-corrected chi connectivity index (χ3v) is 5.99. The van der Waals surface area contributed by atoms with Crippen LogP contribution < -0.4 is 16.0 Å². The largest absolute Gasteiger partial charge is 0.337 e. The Hall–Kier alpha value is -3.77. The van der Waals surface area contributed by atoms with Gasteiger partial charge in [-0.25, -0.2) is 9.97 Å². The van der Waals surface area contributed by atoms with Crippen molar-refractivity contribution < 1.29 is 4.79 Å². The average Bonchev–Trinajstić information content (AvgIpc) is 3.28. The molecule has 1 saturated heterocycles. The Morgan fingerprint density at radius 1 is 1.21 bits per heavy atom. The molecule has 0 bridgehead atoms. The van der Waals surface area contributed by atoms with E-state index in [4.69, 9.17) is 10.2 Å². The molecule has 2 aromatic heterocycles. The molecule has 0 unspecified atom stereocenters. The smallest absolute Gasteiger partial charge is 0.252 e. The first kappa shape index (κ1) is 23.4. The molecule has 4 atom stereocenters. The molecular weight excluding hydrogens is 428 g/mol. The standard InChI is InChI=1S/C25H30N8O/c1-15-12-27-25(31-21-13-28-33(14-21)22-9-16(2)29-17(3)10-22)32-23(15)19-5-7-20(8-6-19)24(34)30-18(4)11-26/h5-8,12-14,16-18,22,29H,9-10H2,1-4H3,(H,30,34)(H,27,31,32)/t16-,17+,18-,22-/m0/s1. The zero-order valence-electron chi connectivity index (χ0n) is 19.9. The van der Waals surface area contributed by atoms with Crippen molar-refractivity contribution in [1.82, 2.24) is 30.4 Å². The molecule has 3 N–H and O–H groups in total. The predicted molar refractivity (Wildman–Crippen MR) is 131 cm³/mol. The summed E-state index contributed by atoms with van der Waals surface area (Å²) in [4.78, 5) is 21.4. The van der Waals surface area contributed by atoms with Gasteiger partial charge in [0.1, 0.15) is 6.04 Å². The molecule has 0 aliphatic carbocycles. The number of hydrogen-bond donors (Lipinski definition) is 3. The van der Waals surface area contributed by atoms with Gasteiger partial charge in [-0.3, -0.25) is 9.48 Å². The summed E-state index contributed by atoms with van der Waals surface area (Å²) in [6.45, 7) is 8.01. The van der Waals surface area contributed by atoms with Crippen LogP contribution >= 0.6 is 0 Å². The predicted octanol–water partition coefficient (Wildman–Crippen LogP) is 3.74. The number of amides is 1. The van der Waals surface area contributed by atoms with Crippen LogP contribution in [0.3, 0.4) is 0 Å². The number of aryl methyl sites for hydroxylation is 1. The van der Waals surface area contributed by atoms with Crippen molar-refractivity contribution in [3.05, 3.63) is 54.0 Å². The fourth-order valence-corrected chi connectivity index (χ4v) is 4.37. The van der Waals surface area contributed by atoms with Crippen molar-refractivity contribution in [3.63, 3.8) is 0 Å². The summed E-state index contributed by atoms with van der Waals surface area (Å²) in [7, 11) is 0. The highest BCUT2D eigenvalue weighted by Crippen LogP contribution is 2.27. The lowest BCUT2D eigenvalue weighted by molar-refractivity contribution is 0.0948. The molecule has 1 amide bonds. The number of benzene rings is 1. The fourth-order valence-electron chi connectivity index (χ4n) is 4.37. The molecule has 0 spiro atoms. The molecule has 4 rings (SSSR count). The Morgan fingerprint density at radius 3 is 2.59 bits per heavy atom. The SMILES string of the molecule is Cc1cnc(Nc2cnn([C@@H]3C[C@@H](C)N[C@@H](C)C3)c2)nc1-c1ccc(C(=O)N[C@@H](C)C#N)cc1. The van der Waals surface area contributed by atoms with Gasteiger partial charge in [0.2, 0.25) is 5.95 Å². The van der Waals surface area contributed by atoms with Gasteiger partial charge in [-0.1, -0.05) is 12.1 Å². The van der Waals surface area contributed by atoms with Crippen molar-refractivity contribution in [3.8, 4) is 17.3 Å². The number of hydrogen-bond acceptors (Lipinski definition) is 7. The van der Waals surface area contributed by atoms with Crippen molar-refractivity contribution in [2.24, 2.45) is 0 Å². The molecule has 0 radical (unpaired) electrons. The number of carbonyl (C=O) groups excluding carboxylic acids is 1. The summed E-state index contributed by atoms with van der Waals surface area (Å²) in [6, 6.07) is 9.90. The second-order valence-electron chi connectivity index (χ2n) is 9.05. The van der Waals surface area contributed by atoms with Gasteiger partial charge < -0.3 is 16.0 Å². The molecule has 0 saturated carbocycles. The summed E-state index contributed by atoms with van der Waals surface area (Å²) < 4.78 is 2.03. The van der Waals surface area contributed by atoms with E-state index < -0.39 is 6.04 Å². The van der Waals surface area contributed by atoms with Crippen LogP contribution in [-0.4, -0.2) is 43.8 Å². The van der Waals surface area contributed by atoms with E-state index in [1.54, 1.807) is 31.5 Å². The number of rotatable bonds is 6. The molecule has 9 heteroatoms. The third kappa shape index (κ3) is 5.41. The summed E-state index contributed by atoms with van der Waals surface area (Å²) in [5, 5.41) is 22.9. The summed E-state index contributed by atoms with van der Waals surface area (Å²) in [6.07, 6.45) is 7.67. The minimum Gasteiger partial charge on any atom is -0.337 e. The van der Waals surface area contributed by atoms with Crippen LogP contribution in [0.1, 0.15) is 55.6 Å². The lowest BCUT2D eigenvalue weighted by Gasteiger charge is -2.32. The van der Waals surface area contributed by atoms with E-state index in [2.05, 4.69) is 39.9 Å². The van der Waals surface area contributed by atoms with E-state index in [0.29, 0.717) is 29.6 Å². The lowest BCUT2D eigenvalue weighted by atomic mass is 9.95. The normalized spacial score (nSPS) is 20.9. The van der Waals surface area contributed by atoms with E-state index in [-0.39, 0.29) is 5.91 Å². The van der Waals surface area contributed by atoms with Crippen LogP contribution in [0.25, 0.3) is 11.3 Å². The van der Waals surface area contributed by atoms with Crippen molar-refractivity contribution >= 4 is 17.5 Å². The molecule has 1 aromatic carbocycles. The number of carbonyl (C=O) groups is 1. The first-order chi connectivity index (χ1) is 16.3. The van der Waals surface area contributed by atoms with Crippen LogP contribution in [-0.2, 0) is 0 Å². The highest BCUT2D eigenvalue weighted by Gasteiger charge is 2.25. The lowest BCUT2D eigenvalue weighted by Crippen LogP contribution is -2.43. The molecular formula is C25H30N8O. The fraction of sp³-hybridized carbons (Fsp3) is 0.400. The Labute approximate surface area is 199 Å². The first-order valence-electron chi connectivity index (χ1n) is 11.5. The molecule has 3 aromatic rings. The Bertz CT molecular complexity index is 1190. The molecule has 1 aliphatic heterocycles. The molecule has 34 heavy (non-hydrogen) atoms. The van der Waals surface area contributed by atoms with Crippen LogP contribution in [0.4, 0.5) is 11.6 Å². The van der Waals surface area contributed by atoms with E-state index in [1.165, 1.54) is 0 Å². The number of aromatic nitrogens is 4. The highest BCUT2D eigenvalue weighted by atomic mass is 16.1. The highest BCUT2D eigenvalue weighted by molar-refractivity contribution is 5.95. The zero-order valence-corrected chi connectivity index (χ0v) is 19.9. The quantitative estimate of drug-likeness (QED) is 0.515. The number of nitrogens with one attached hydrogen (secondary N) is 3. The Kier molecular flexibility index (Phi) is 6.89. The van der Waals surface area contributed by atoms with Gasteiger partial charge in [-0.2, -0.15) is 10.4 Å². The van der Waals surface area contributed by atoms with Gasteiger partial charge in [0, 0.05) is 35.6 Å². The molecule has 1 aliphatic rings. The van der Waals surface area contributed by atoms with E-state index in [1.807, 2.05) is 36.0 Å². The summed E-state index contributed by atoms with van der Waals surface area (Å²) in [5.74, 6) is 0.203. The number of anilines is 2. The first-order valence-corrected chi connectivity index (χ1v) is 11.5. The van der Waals surface area contributed by atoms with E-state index >= 15 is 0 Å². The van der Waals surface area contributed by atoms with Crippen LogP contribution in [0.15, 0.2) is 42.9 Å². The van der Waals surface area contributed by atoms with Gasteiger partial charge in [-0.15, -0.1) is 0 Å². The zero-order chi connectivity index (χ0) is 24.2. The molecule has 9 nitrogen and oxygen atoms in total. The Balaban J connectivity index is 1.48. The maximum atomic E-state index is 12.2. The van der Waals surface area contributed by atoms with Gasteiger partial charge in [0.05, 0.1) is 29.7 Å². The van der Waals surface area contributed by atoms with Gasteiger partial charge in [0.25, 0.3) is 5.91 Å². The van der Waals surface area contributed by atoms with E-state index in [0.717, 1.165) is 35.3 Å². The molecule has 1 fully saturated rings. The molecule has 3 heterocycles. The minimum absolute atomic E-state index is 0.281. The topological polar surface area (TPSA) is 121 Å². The summed E-state index contributed by atoms with van der Waals surface area (Å²) in [5.41, 5.74) is 3.91. The monoisotopic (exact) mass is 458 g/mol. The van der Waals surface area contributed by atoms with Crippen molar-refractivity contribution in [2.45, 2.75) is 64.7 Å². The minimum atomic E-state index is -0.546.